The summed E-state index contributed by atoms with van der Waals surface area (Å²) in [6.45, 7) is 8.17. The monoisotopic (exact) mass is 511 g/mol. The number of methoxy groups -OCH3 is 2. The van der Waals surface area contributed by atoms with Gasteiger partial charge in [0.2, 0.25) is 5.76 Å². The Bertz CT molecular complexity index is 1600. The van der Waals surface area contributed by atoms with Gasteiger partial charge in [-0.3, -0.25) is 9.59 Å². The van der Waals surface area contributed by atoms with Gasteiger partial charge in [0.25, 0.3) is 5.91 Å². The zero-order valence-corrected chi connectivity index (χ0v) is 21.9. The van der Waals surface area contributed by atoms with Crippen molar-refractivity contribution >= 4 is 16.9 Å². The van der Waals surface area contributed by atoms with Crippen LogP contribution in [0.25, 0.3) is 11.0 Å². The Kier molecular flexibility index (Phi) is 6.68. The minimum atomic E-state index is -0.677. The lowest BCUT2D eigenvalue weighted by atomic mass is 9.97. The number of nitrogens with zero attached hydrogens (tertiary/aromatic N) is 1. The Morgan fingerprint density at radius 1 is 0.947 bits per heavy atom. The van der Waals surface area contributed by atoms with Gasteiger partial charge in [-0.1, -0.05) is 30.9 Å². The van der Waals surface area contributed by atoms with E-state index < -0.39 is 6.04 Å². The van der Waals surface area contributed by atoms with Crippen molar-refractivity contribution in [3.05, 3.63) is 111 Å². The number of carbonyl (C=O) groups excluding carboxylic acids is 1. The van der Waals surface area contributed by atoms with E-state index in [9.17, 15) is 9.59 Å². The third-order valence-electron chi connectivity index (χ3n) is 6.95. The number of fused-ring (bicyclic) bond motifs is 2. The lowest BCUT2D eigenvalue weighted by Gasteiger charge is -2.26. The number of hydrogen-bond donors (Lipinski definition) is 0. The molecule has 38 heavy (non-hydrogen) atoms. The van der Waals surface area contributed by atoms with Crippen LogP contribution in [0, 0.1) is 13.8 Å². The van der Waals surface area contributed by atoms with Gasteiger partial charge >= 0.3 is 0 Å². The molecule has 1 aliphatic heterocycles. The zero-order valence-electron chi connectivity index (χ0n) is 21.9. The number of aryl methyl sites for hydroxylation is 2. The van der Waals surface area contributed by atoms with Crippen LogP contribution in [0.4, 0.5) is 0 Å². The fourth-order valence-electron chi connectivity index (χ4n) is 4.83. The van der Waals surface area contributed by atoms with E-state index in [0.29, 0.717) is 40.2 Å². The van der Waals surface area contributed by atoms with Crippen LogP contribution in [0.15, 0.2) is 76.5 Å². The van der Waals surface area contributed by atoms with E-state index in [4.69, 9.17) is 18.6 Å². The van der Waals surface area contributed by atoms with Crippen molar-refractivity contribution in [1.82, 2.24) is 4.90 Å². The summed E-state index contributed by atoms with van der Waals surface area (Å²) in [4.78, 5) is 29.4. The molecule has 2 heterocycles. The van der Waals surface area contributed by atoms with Gasteiger partial charge in [0.1, 0.15) is 17.9 Å². The molecular formula is C31H29NO6. The summed E-state index contributed by atoms with van der Waals surface area (Å²) in [5.41, 5.74) is 4.07. The minimum absolute atomic E-state index is 0.0650. The second-order valence-corrected chi connectivity index (χ2v) is 9.30. The third-order valence-corrected chi connectivity index (χ3v) is 6.95. The molecule has 0 saturated heterocycles. The summed E-state index contributed by atoms with van der Waals surface area (Å²) >= 11 is 0. The summed E-state index contributed by atoms with van der Waals surface area (Å²) in [7, 11) is 3.16. The molecule has 1 aromatic heterocycles. The van der Waals surface area contributed by atoms with E-state index in [1.54, 1.807) is 37.3 Å². The number of hydrogen-bond acceptors (Lipinski definition) is 6. The van der Waals surface area contributed by atoms with E-state index in [1.807, 2.05) is 56.3 Å². The molecule has 1 aliphatic rings. The highest BCUT2D eigenvalue weighted by Gasteiger charge is 2.43. The molecule has 0 saturated carbocycles. The topological polar surface area (TPSA) is 78.2 Å². The van der Waals surface area contributed by atoms with Crippen molar-refractivity contribution in [1.29, 1.82) is 0 Å². The maximum absolute atomic E-state index is 13.9. The van der Waals surface area contributed by atoms with Crippen LogP contribution in [0.3, 0.4) is 0 Å². The van der Waals surface area contributed by atoms with Gasteiger partial charge in [-0.15, -0.1) is 0 Å². The normalized spacial score (nSPS) is 14.5. The quantitative estimate of drug-likeness (QED) is 0.281. The first-order valence-corrected chi connectivity index (χ1v) is 12.3. The average molecular weight is 512 g/mol. The molecule has 0 aliphatic carbocycles. The maximum atomic E-state index is 13.9. The van der Waals surface area contributed by atoms with E-state index in [2.05, 4.69) is 6.58 Å². The van der Waals surface area contributed by atoms with Gasteiger partial charge < -0.3 is 23.5 Å². The van der Waals surface area contributed by atoms with Crippen LogP contribution in [0.5, 0.6) is 17.2 Å². The minimum Gasteiger partial charge on any atom is -0.497 e. The zero-order chi connectivity index (χ0) is 27.0. The third kappa shape index (κ3) is 4.30. The van der Waals surface area contributed by atoms with Crippen molar-refractivity contribution in [2.24, 2.45) is 0 Å². The standard InChI is InChI=1S/C31H29NO6/c1-6-13-37-24-12-9-21(16-26(24)36-5)28-27-29(33)23-14-18(2)19(3)15-25(23)38-30(27)31(34)32(28)17-20-7-10-22(35-4)11-8-20/h6-12,14-16,28H,1,13,17H2,2-5H3. The highest BCUT2D eigenvalue weighted by atomic mass is 16.5. The molecule has 7 nitrogen and oxygen atoms in total. The second-order valence-electron chi connectivity index (χ2n) is 9.30. The molecule has 1 amide bonds. The average Bonchev–Trinajstić information content (AvgIpc) is 3.20. The predicted octanol–water partition coefficient (Wildman–Crippen LogP) is 5.74. The van der Waals surface area contributed by atoms with Crippen molar-refractivity contribution in [2.75, 3.05) is 20.8 Å². The lowest BCUT2D eigenvalue weighted by Crippen LogP contribution is -2.29. The Labute approximate surface area is 220 Å². The first kappa shape index (κ1) is 25.1. The maximum Gasteiger partial charge on any atom is 0.291 e. The highest BCUT2D eigenvalue weighted by molar-refractivity contribution is 5.99. The Morgan fingerprint density at radius 3 is 2.37 bits per heavy atom. The molecule has 0 fully saturated rings. The van der Waals surface area contributed by atoms with E-state index in [0.717, 1.165) is 22.4 Å². The van der Waals surface area contributed by atoms with Crippen LogP contribution in [0.2, 0.25) is 0 Å². The Morgan fingerprint density at radius 2 is 1.68 bits per heavy atom. The SMILES string of the molecule is C=CCOc1ccc(C2c3c(oc4cc(C)c(C)cc4c3=O)C(=O)N2Cc2ccc(OC)cc2)cc1OC. The first-order chi connectivity index (χ1) is 18.4. The number of benzene rings is 3. The van der Waals surface area contributed by atoms with Crippen LogP contribution in [-0.4, -0.2) is 31.6 Å². The van der Waals surface area contributed by atoms with Gasteiger partial charge in [0, 0.05) is 6.54 Å². The van der Waals surface area contributed by atoms with Crippen molar-refractivity contribution in [3.63, 3.8) is 0 Å². The summed E-state index contributed by atoms with van der Waals surface area (Å²) in [5.74, 6) is 1.47. The van der Waals surface area contributed by atoms with Crippen LogP contribution >= 0.6 is 0 Å². The van der Waals surface area contributed by atoms with E-state index in [-0.39, 0.29) is 23.6 Å². The first-order valence-electron chi connectivity index (χ1n) is 12.3. The number of rotatable bonds is 8. The number of ether oxygens (including phenoxy) is 3. The van der Waals surface area contributed by atoms with Gasteiger partial charge in [-0.2, -0.15) is 0 Å². The molecule has 0 bridgehead atoms. The predicted molar refractivity (Wildman–Crippen MR) is 145 cm³/mol. The molecule has 1 unspecified atom stereocenters. The van der Waals surface area contributed by atoms with Gasteiger partial charge in [0.05, 0.1) is 31.2 Å². The fourth-order valence-corrected chi connectivity index (χ4v) is 4.83. The number of carbonyl (C=O) groups is 1. The van der Waals surface area contributed by atoms with Gasteiger partial charge in [-0.25, -0.2) is 0 Å². The van der Waals surface area contributed by atoms with Crippen LogP contribution < -0.4 is 19.6 Å². The summed E-state index contributed by atoms with van der Waals surface area (Å²) in [6, 6.07) is 15.9. The molecule has 0 N–H and O–H groups in total. The van der Waals surface area contributed by atoms with Crippen LogP contribution in [-0.2, 0) is 6.54 Å². The second kappa shape index (κ2) is 10.1. The summed E-state index contributed by atoms with van der Waals surface area (Å²) in [5, 5.41) is 0.453. The molecule has 7 heteroatoms. The molecule has 0 spiro atoms. The summed E-state index contributed by atoms with van der Waals surface area (Å²) in [6.07, 6.45) is 1.65. The number of amides is 1. The Balaban J connectivity index is 1.69. The van der Waals surface area contributed by atoms with Crippen LogP contribution in [0.1, 0.15) is 44.4 Å². The Hall–Kier alpha value is -4.52. The molecule has 5 rings (SSSR count). The smallest absolute Gasteiger partial charge is 0.291 e. The van der Waals surface area contributed by atoms with Gasteiger partial charge in [-0.05, 0) is 72.5 Å². The van der Waals surface area contributed by atoms with Crippen molar-refractivity contribution in [2.45, 2.75) is 26.4 Å². The molecule has 4 aromatic rings. The van der Waals surface area contributed by atoms with Crippen molar-refractivity contribution in [3.8, 4) is 17.2 Å². The summed E-state index contributed by atoms with van der Waals surface area (Å²) < 4.78 is 22.7. The largest absolute Gasteiger partial charge is 0.497 e. The molecule has 3 aromatic carbocycles. The van der Waals surface area contributed by atoms with Gasteiger partial charge in [0.15, 0.2) is 16.9 Å². The van der Waals surface area contributed by atoms with Crippen molar-refractivity contribution < 1.29 is 23.4 Å². The molecular weight excluding hydrogens is 482 g/mol. The highest BCUT2D eigenvalue weighted by Crippen LogP contribution is 2.42. The van der Waals surface area contributed by atoms with E-state index in [1.165, 1.54) is 0 Å². The molecule has 194 valence electrons. The van der Waals surface area contributed by atoms with E-state index >= 15 is 0 Å². The molecule has 0 radical (unpaired) electrons. The fraction of sp³-hybridized carbons (Fsp3) is 0.226. The lowest BCUT2D eigenvalue weighted by molar-refractivity contribution is 0.0714. The molecule has 1 atom stereocenters.